The van der Waals surface area contributed by atoms with E-state index in [0.717, 1.165) is 17.1 Å². The highest BCUT2D eigenvalue weighted by atomic mass is 16.5. The number of rotatable bonds is 1. The normalized spacial score (nSPS) is 15.1. The van der Waals surface area contributed by atoms with Crippen molar-refractivity contribution in [2.75, 3.05) is 7.11 Å². The Morgan fingerprint density at radius 2 is 2.11 bits per heavy atom. The zero-order chi connectivity index (χ0) is 13.6. The predicted octanol–water partition coefficient (Wildman–Crippen LogP) is 2.89. The molecule has 0 N–H and O–H groups in total. The summed E-state index contributed by atoms with van der Waals surface area (Å²) in [6.07, 6.45) is 1.97. The molecular weight excluding hydrogens is 242 g/mol. The summed E-state index contributed by atoms with van der Waals surface area (Å²) >= 11 is 0. The first-order chi connectivity index (χ1) is 9.03. The van der Waals surface area contributed by atoms with Gasteiger partial charge in [0.25, 0.3) is 0 Å². The van der Waals surface area contributed by atoms with E-state index in [1.54, 1.807) is 12.1 Å². The molecule has 0 spiro atoms. The molecule has 2 heterocycles. The van der Waals surface area contributed by atoms with Gasteiger partial charge in [-0.2, -0.15) is 0 Å². The van der Waals surface area contributed by atoms with Crippen LogP contribution in [0.4, 0.5) is 0 Å². The van der Waals surface area contributed by atoms with Gasteiger partial charge in [-0.3, -0.25) is 0 Å². The van der Waals surface area contributed by atoms with Crippen LogP contribution >= 0.6 is 0 Å². The second kappa shape index (κ2) is 3.88. The minimum Gasteiger partial charge on any atom is -0.479 e. The number of carbonyl (C=O) groups excluding carboxylic acids is 1. The number of carbonyl (C=O) groups is 1. The molecule has 0 aliphatic carbocycles. The predicted molar refractivity (Wildman–Crippen MR) is 70.8 cm³/mol. The maximum Gasteiger partial charge on any atom is 0.337 e. The molecule has 1 aliphatic heterocycles. The van der Waals surface area contributed by atoms with Gasteiger partial charge < -0.3 is 14.0 Å². The molecule has 4 nitrogen and oxygen atoms in total. The van der Waals surface area contributed by atoms with Crippen LogP contribution < -0.4 is 4.74 Å². The zero-order valence-corrected chi connectivity index (χ0v) is 11.1. The minimum absolute atomic E-state index is 0.346. The number of nitrogens with zero attached hydrogens (tertiary/aromatic N) is 1. The van der Waals surface area contributed by atoms with Crippen molar-refractivity contribution in [1.29, 1.82) is 0 Å². The second-order valence-electron chi connectivity index (χ2n) is 5.05. The molecule has 1 aromatic heterocycles. The molecule has 0 atom stereocenters. The van der Waals surface area contributed by atoms with Crippen molar-refractivity contribution in [1.82, 2.24) is 4.57 Å². The number of aromatic nitrogens is 1. The Morgan fingerprint density at radius 1 is 1.32 bits per heavy atom. The number of benzene rings is 1. The smallest absolute Gasteiger partial charge is 0.337 e. The Morgan fingerprint density at radius 3 is 2.84 bits per heavy atom. The first kappa shape index (κ1) is 11.8. The van der Waals surface area contributed by atoms with Gasteiger partial charge >= 0.3 is 5.97 Å². The molecule has 4 heteroatoms. The van der Waals surface area contributed by atoms with Crippen molar-refractivity contribution in [3.63, 3.8) is 0 Å². The quantitative estimate of drug-likeness (QED) is 0.737. The van der Waals surface area contributed by atoms with Crippen LogP contribution in [-0.4, -0.2) is 17.6 Å². The zero-order valence-electron chi connectivity index (χ0n) is 11.1. The summed E-state index contributed by atoms with van der Waals surface area (Å²) in [5.74, 6) is 0.419. The van der Waals surface area contributed by atoms with Crippen LogP contribution in [0.15, 0.2) is 36.5 Å². The van der Waals surface area contributed by atoms with E-state index in [0.29, 0.717) is 5.56 Å². The van der Waals surface area contributed by atoms with Crippen LogP contribution in [0, 0.1) is 0 Å². The molecular formula is C15H15NO3. The fraction of sp³-hybridized carbons (Fsp3) is 0.267. The average Bonchev–Trinajstić information content (AvgIpc) is 2.88. The van der Waals surface area contributed by atoms with Gasteiger partial charge in [-0.25, -0.2) is 4.79 Å². The number of hydrogen-bond acceptors (Lipinski definition) is 3. The highest BCUT2D eigenvalue weighted by Gasteiger charge is 2.32. The van der Waals surface area contributed by atoms with Crippen LogP contribution in [0.1, 0.15) is 29.9 Å². The summed E-state index contributed by atoms with van der Waals surface area (Å²) in [4.78, 5) is 11.6. The summed E-state index contributed by atoms with van der Waals surface area (Å²) in [6, 6.07) is 9.32. The van der Waals surface area contributed by atoms with Crippen LogP contribution in [0.3, 0.4) is 0 Å². The minimum atomic E-state index is -0.386. The van der Waals surface area contributed by atoms with Crippen LogP contribution in [0.2, 0.25) is 0 Å². The van der Waals surface area contributed by atoms with Crippen molar-refractivity contribution in [3.8, 4) is 11.4 Å². The summed E-state index contributed by atoms with van der Waals surface area (Å²) in [6.45, 7) is 4.05. The number of esters is 1. The lowest BCUT2D eigenvalue weighted by Crippen LogP contribution is -2.32. The lowest BCUT2D eigenvalue weighted by Gasteiger charge is -2.34. The van der Waals surface area contributed by atoms with Gasteiger partial charge in [0.2, 0.25) is 0 Å². The van der Waals surface area contributed by atoms with Gasteiger partial charge in [-0.15, -0.1) is 0 Å². The van der Waals surface area contributed by atoms with Gasteiger partial charge in [-0.05, 0) is 44.2 Å². The third kappa shape index (κ3) is 1.71. The molecule has 0 radical (unpaired) electrons. The second-order valence-corrected chi connectivity index (χ2v) is 5.05. The number of hydrogen-bond donors (Lipinski definition) is 0. The van der Waals surface area contributed by atoms with Gasteiger partial charge in [-0.1, -0.05) is 0 Å². The monoisotopic (exact) mass is 257 g/mol. The Bertz CT molecular complexity index is 655. The maximum absolute atomic E-state index is 11.6. The lowest BCUT2D eigenvalue weighted by atomic mass is 10.0. The molecule has 2 aromatic rings. The molecule has 0 unspecified atom stereocenters. The van der Waals surface area contributed by atoms with Crippen molar-refractivity contribution < 1.29 is 14.3 Å². The SMILES string of the molecule is COC(=O)c1ccc2c(c1)-n1cccc1C(C)(C)O2. The largest absolute Gasteiger partial charge is 0.479 e. The highest BCUT2D eigenvalue weighted by molar-refractivity contribution is 5.90. The van der Waals surface area contributed by atoms with E-state index in [1.165, 1.54) is 7.11 Å². The topological polar surface area (TPSA) is 40.5 Å². The van der Waals surface area contributed by atoms with Gasteiger partial charge in [0.1, 0.15) is 11.4 Å². The maximum atomic E-state index is 11.6. The molecule has 0 amide bonds. The molecule has 19 heavy (non-hydrogen) atoms. The molecule has 3 rings (SSSR count). The Balaban J connectivity index is 2.18. The van der Waals surface area contributed by atoms with E-state index in [2.05, 4.69) is 0 Å². The Kier molecular flexibility index (Phi) is 2.42. The number of fused-ring (bicyclic) bond motifs is 3. The number of ether oxygens (including phenoxy) is 2. The van der Waals surface area contributed by atoms with E-state index in [9.17, 15) is 4.79 Å². The third-order valence-corrected chi connectivity index (χ3v) is 3.37. The summed E-state index contributed by atoms with van der Waals surface area (Å²) in [5, 5.41) is 0. The molecule has 0 saturated carbocycles. The van der Waals surface area contributed by atoms with Crippen LogP contribution in [-0.2, 0) is 10.3 Å². The standard InChI is InChI=1S/C15H15NO3/c1-15(2)13-5-4-8-16(13)11-9-10(14(17)18-3)6-7-12(11)19-15/h4-9H,1-3H3. The van der Waals surface area contributed by atoms with Crippen molar-refractivity contribution >= 4 is 5.97 Å². The van der Waals surface area contributed by atoms with E-state index in [1.807, 2.05) is 42.8 Å². The van der Waals surface area contributed by atoms with Crippen molar-refractivity contribution in [3.05, 3.63) is 47.8 Å². The molecule has 98 valence electrons. The lowest BCUT2D eigenvalue weighted by molar-refractivity contribution is 0.0600. The summed E-state index contributed by atoms with van der Waals surface area (Å²) < 4.78 is 12.8. The Labute approximate surface area is 111 Å². The average molecular weight is 257 g/mol. The third-order valence-electron chi connectivity index (χ3n) is 3.37. The van der Waals surface area contributed by atoms with Gasteiger partial charge in [0, 0.05) is 6.20 Å². The van der Waals surface area contributed by atoms with Gasteiger partial charge in [0.05, 0.1) is 24.1 Å². The molecule has 1 aromatic carbocycles. The van der Waals surface area contributed by atoms with Crippen molar-refractivity contribution in [2.45, 2.75) is 19.4 Å². The first-order valence-electron chi connectivity index (χ1n) is 6.12. The number of methoxy groups -OCH3 is 1. The summed E-state index contributed by atoms with van der Waals surface area (Å²) in [7, 11) is 1.38. The van der Waals surface area contributed by atoms with Crippen LogP contribution in [0.25, 0.3) is 5.69 Å². The Hall–Kier alpha value is -2.23. The summed E-state index contributed by atoms with van der Waals surface area (Å²) in [5.41, 5.74) is 2.05. The fourth-order valence-corrected chi connectivity index (χ4v) is 2.45. The van der Waals surface area contributed by atoms with Gasteiger partial charge in [0.15, 0.2) is 0 Å². The van der Waals surface area contributed by atoms with E-state index in [-0.39, 0.29) is 11.6 Å². The van der Waals surface area contributed by atoms with Crippen molar-refractivity contribution in [2.24, 2.45) is 0 Å². The molecule has 0 saturated heterocycles. The molecule has 0 bridgehead atoms. The van der Waals surface area contributed by atoms with E-state index < -0.39 is 0 Å². The highest BCUT2D eigenvalue weighted by Crippen LogP contribution is 2.39. The van der Waals surface area contributed by atoms with E-state index in [4.69, 9.17) is 9.47 Å². The first-order valence-corrected chi connectivity index (χ1v) is 6.12. The fourth-order valence-electron chi connectivity index (χ4n) is 2.45. The molecule has 0 fully saturated rings. The molecule has 1 aliphatic rings. The van der Waals surface area contributed by atoms with Crippen LogP contribution in [0.5, 0.6) is 5.75 Å². The van der Waals surface area contributed by atoms with E-state index >= 15 is 0 Å².